The zero-order valence-electron chi connectivity index (χ0n) is 20.9. The summed E-state index contributed by atoms with van der Waals surface area (Å²) in [5.74, 6) is 0.447. The van der Waals surface area contributed by atoms with Gasteiger partial charge in [0.05, 0.1) is 10.6 Å². The lowest BCUT2D eigenvalue weighted by molar-refractivity contribution is -0.142. The molecule has 0 radical (unpaired) electrons. The van der Waals surface area contributed by atoms with Gasteiger partial charge in [0, 0.05) is 46.5 Å². The third-order valence-corrected chi connectivity index (χ3v) is 8.17. The molecule has 6 nitrogen and oxygen atoms in total. The summed E-state index contributed by atoms with van der Waals surface area (Å²) in [6.45, 7) is 2.39. The highest BCUT2D eigenvalue weighted by Gasteiger charge is 2.54. The third-order valence-electron chi connectivity index (χ3n) is 7.86. The molecule has 188 valence electrons. The van der Waals surface area contributed by atoms with Crippen LogP contribution in [0.15, 0.2) is 48.5 Å². The molecular formula is C28H36ClN3O3. The number of carbonyl (C=O) groups is 2. The summed E-state index contributed by atoms with van der Waals surface area (Å²) >= 11 is 6.37. The van der Waals surface area contributed by atoms with Crippen molar-refractivity contribution in [1.29, 1.82) is 0 Å². The first-order valence-corrected chi connectivity index (χ1v) is 12.8. The highest BCUT2D eigenvalue weighted by Crippen LogP contribution is 2.61. The van der Waals surface area contributed by atoms with Crippen LogP contribution in [0.5, 0.6) is 0 Å². The molecule has 4 rings (SSSR count). The minimum absolute atomic E-state index is 0.0921. The second-order valence-corrected chi connectivity index (χ2v) is 10.7. The number of nitrogens with zero attached hydrogens (tertiary/aromatic N) is 3. The van der Waals surface area contributed by atoms with E-state index < -0.39 is 6.10 Å². The van der Waals surface area contributed by atoms with Crippen molar-refractivity contribution in [2.45, 2.75) is 38.2 Å². The van der Waals surface area contributed by atoms with Crippen molar-refractivity contribution in [3.05, 3.63) is 64.7 Å². The fourth-order valence-corrected chi connectivity index (χ4v) is 5.69. The average Bonchev–Trinajstić information content (AvgIpc) is 3.54. The standard InChI is InChI=1S/C28H36ClN3O3/c1-30(2)26(34)23-12-11-22(18-24(23)29)31(3)15-7-10-21-19-28(21)13-16-32(17-14-28)27(35)25(33)20-8-5-4-6-9-20/h4-6,8-9,11-12,18,21,25,33H,7,10,13-17,19H2,1-3H3/t21-,25-/m1/s1. The van der Waals surface area contributed by atoms with Crippen LogP contribution in [-0.2, 0) is 4.79 Å². The number of likely N-dealkylation sites (tertiary alicyclic amines) is 1. The van der Waals surface area contributed by atoms with Gasteiger partial charge in [-0.1, -0.05) is 41.9 Å². The molecule has 1 saturated carbocycles. The van der Waals surface area contributed by atoms with E-state index in [4.69, 9.17) is 11.6 Å². The SMILES string of the molecule is CN(C)C(=O)c1ccc(N(C)CCC[C@@H]2CC23CCN(C(=O)[C@H](O)c2ccccc2)CC3)cc1Cl. The highest BCUT2D eigenvalue weighted by atomic mass is 35.5. The molecule has 2 aliphatic rings. The maximum Gasteiger partial charge on any atom is 0.256 e. The summed E-state index contributed by atoms with van der Waals surface area (Å²) in [6, 6.07) is 14.8. The minimum Gasteiger partial charge on any atom is -0.378 e. The van der Waals surface area contributed by atoms with Crippen molar-refractivity contribution in [1.82, 2.24) is 9.80 Å². The first kappa shape index (κ1) is 25.5. The quantitative estimate of drug-likeness (QED) is 0.578. The molecule has 0 aromatic heterocycles. The van der Waals surface area contributed by atoms with Gasteiger partial charge in [0.1, 0.15) is 0 Å². The van der Waals surface area contributed by atoms with Gasteiger partial charge in [-0.2, -0.15) is 0 Å². The average molecular weight is 498 g/mol. The number of aliphatic hydroxyl groups excluding tert-OH is 1. The molecule has 2 aromatic carbocycles. The van der Waals surface area contributed by atoms with Crippen LogP contribution in [0.4, 0.5) is 5.69 Å². The molecule has 1 heterocycles. The second kappa shape index (κ2) is 10.6. The third kappa shape index (κ3) is 5.65. The summed E-state index contributed by atoms with van der Waals surface area (Å²) in [6.07, 6.45) is 4.49. The number of piperidine rings is 1. The Bertz CT molecular complexity index is 1050. The number of rotatable bonds is 8. The van der Waals surface area contributed by atoms with Gasteiger partial charge in [-0.15, -0.1) is 0 Å². The van der Waals surface area contributed by atoms with Crippen molar-refractivity contribution >= 4 is 29.1 Å². The number of hydrogen-bond donors (Lipinski definition) is 1. The zero-order valence-corrected chi connectivity index (χ0v) is 21.7. The van der Waals surface area contributed by atoms with Crippen molar-refractivity contribution in [3.63, 3.8) is 0 Å². The number of benzene rings is 2. The molecule has 2 amide bonds. The Labute approximate surface area is 213 Å². The van der Waals surface area contributed by atoms with Gasteiger partial charge in [0.15, 0.2) is 6.10 Å². The molecule has 1 N–H and O–H groups in total. The Morgan fingerprint density at radius 1 is 1.11 bits per heavy atom. The van der Waals surface area contributed by atoms with Crippen LogP contribution in [-0.4, -0.2) is 67.5 Å². The van der Waals surface area contributed by atoms with E-state index in [0.29, 0.717) is 21.6 Å². The van der Waals surface area contributed by atoms with E-state index in [1.807, 2.05) is 35.2 Å². The lowest BCUT2D eigenvalue weighted by Gasteiger charge is -2.34. The highest BCUT2D eigenvalue weighted by molar-refractivity contribution is 6.34. The number of hydrogen-bond acceptors (Lipinski definition) is 4. The van der Waals surface area contributed by atoms with Crippen molar-refractivity contribution < 1.29 is 14.7 Å². The van der Waals surface area contributed by atoms with Crippen LogP contribution >= 0.6 is 11.6 Å². The Hall–Kier alpha value is -2.57. The maximum absolute atomic E-state index is 12.7. The number of aliphatic hydroxyl groups is 1. The minimum atomic E-state index is -1.07. The molecule has 35 heavy (non-hydrogen) atoms. The molecule has 1 saturated heterocycles. The summed E-state index contributed by atoms with van der Waals surface area (Å²) in [4.78, 5) is 30.5. The fraction of sp³-hybridized carbons (Fsp3) is 0.500. The Morgan fingerprint density at radius 2 is 1.80 bits per heavy atom. The molecule has 0 unspecified atom stereocenters. The fourth-order valence-electron chi connectivity index (χ4n) is 5.44. The van der Waals surface area contributed by atoms with Gasteiger partial charge in [-0.3, -0.25) is 9.59 Å². The van der Waals surface area contributed by atoms with Crippen LogP contribution in [0, 0.1) is 11.3 Å². The number of halogens is 1. The molecule has 2 atom stereocenters. The van der Waals surface area contributed by atoms with E-state index in [1.165, 1.54) is 17.7 Å². The summed E-state index contributed by atoms with van der Waals surface area (Å²) in [5, 5.41) is 10.9. The number of anilines is 1. The zero-order chi connectivity index (χ0) is 25.2. The van der Waals surface area contributed by atoms with Crippen LogP contribution in [0.25, 0.3) is 0 Å². The van der Waals surface area contributed by atoms with Gasteiger partial charge in [0.25, 0.3) is 11.8 Å². The summed E-state index contributed by atoms with van der Waals surface area (Å²) in [5.41, 5.74) is 2.57. The van der Waals surface area contributed by atoms with Crippen LogP contribution < -0.4 is 4.90 Å². The van der Waals surface area contributed by atoms with Crippen LogP contribution in [0.2, 0.25) is 5.02 Å². The molecule has 7 heteroatoms. The number of carbonyl (C=O) groups excluding carboxylic acids is 2. The van der Waals surface area contributed by atoms with Gasteiger partial charge >= 0.3 is 0 Å². The first-order chi connectivity index (χ1) is 16.7. The van der Waals surface area contributed by atoms with Gasteiger partial charge in [-0.05, 0) is 67.2 Å². The normalized spacial score (nSPS) is 19.3. The van der Waals surface area contributed by atoms with Crippen LogP contribution in [0.1, 0.15) is 54.1 Å². The van der Waals surface area contributed by atoms with Gasteiger partial charge in [-0.25, -0.2) is 0 Å². The van der Waals surface area contributed by atoms with Gasteiger partial charge < -0.3 is 19.8 Å². The molecule has 2 fully saturated rings. The second-order valence-electron chi connectivity index (χ2n) is 10.3. The molecule has 1 spiro atoms. The predicted molar refractivity (Wildman–Crippen MR) is 140 cm³/mol. The smallest absolute Gasteiger partial charge is 0.256 e. The van der Waals surface area contributed by atoms with E-state index in [2.05, 4.69) is 11.9 Å². The maximum atomic E-state index is 12.7. The van der Waals surface area contributed by atoms with Gasteiger partial charge in [0.2, 0.25) is 0 Å². The Morgan fingerprint density at radius 3 is 2.43 bits per heavy atom. The van der Waals surface area contributed by atoms with E-state index in [-0.39, 0.29) is 11.8 Å². The molecule has 1 aliphatic heterocycles. The van der Waals surface area contributed by atoms with E-state index in [0.717, 1.165) is 50.5 Å². The Balaban J connectivity index is 1.21. The summed E-state index contributed by atoms with van der Waals surface area (Å²) < 4.78 is 0. The summed E-state index contributed by atoms with van der Waals surface area (Å²) in [7, 11) is 5.50. The van der Waals surface area contributed by atoms with E-state index >= 15 is 0 Å². The number of amides is 2. The lowest BCUT2D eigenvalue weighted by Crippen LogP contribution is -2.42. The molecule has 1 aliphatic carbocycles. The van der Waals surface area contributed by atoms with Crippen molar-refractivity contribution in [2.75, 3.05) is 45.7 Å². The molecule has 2 aromatic rings. The molecule has 0 bridgehead atoms. The lowest BCUT2D eigenvalue weighted by atomic mass is 9.89. The molecular weight excluding hydrogens is 462 g/mol. The van der Waals surface area contributed by atoms with E-state index in [1.54, 1.807) is 32.3 Å². The van der Waals surface area contributed by atoms with Crippen molar-refractivity contribution in [2.24, 2.45) is 11.3 Å². The largest absolute Gasteiger partial charge is 0.378 e. The first-order valence-electron chi connectivity index (χ1n) is 12.5. The van der Waals surface area contributed by atoms with Crippen LogP contribution in [0.3, 0.4) is 0 Å². The topological polar surface area (TPSA) is 64.1 Å². The van der Waals surface area contributed by atoms with Crippen molar-refractivity contribution in [3.8, 4) is 0 Å². The Kier molecular flexibility index (Phi) is 7.72. The monoisotopic (exact) mass is 497 g/mol. The van der Waals surface area contributed by atoms with E-state index in [9.17, 15) is 14.7 Å². The predicted octanol–water partition coefficient (Wildman–Crippen LogP) is 4.62.